The molecule has 0 fully saturated rings. The summed E-state index contributed by atoms with van der Waals surface area (Å²) in [6.45, 7) is 2.52. The first kappa shape index (κ1) is 23.3. The molecule has 9 heteroatoms. The summed E-state index contributed by atoms with van der Waals surface area (Å²) < 4.78 is 13.1. The number of ether oxygens (including phenoxy) is 2. The third-order valence-electron chi connectivity index (χ3n) is 5.82. The highest BCUT2D eigenvalue weighted by Crippen LogP contribution is 2.30. The number of rotatable bonds is 10. The third-order valence-corrected chi connectivity index (χ3v) is 5.82. The van der Waals surface area contributed by atoms with Crippen molar-refractivity contribution in [2.75, 3.05) is 14.2 Å². The van der Waals surface area contributed by atoms with Crippen LogP contribution in [0.3, 0.4) is 0 Å². The van der Waals surface area contributed by atoms with E-state index in [1.165, 1.54) is 0 Å². The van der Waals surface area contributed by atoms with Crippen LogP contribution in [0.25, 0.3) is 22.5 Å². The first-order valence-corrected chi connectivity index (χ1v) is 11.0. The van der Waals surface area contributed by atoms with E-state index in [4.69, 9.17) is 26.0 Å². The van der Waals surface area contributed by atoms with Crippen molar-refractivity contribution >= 4 is 0 Å². The zero-order valence-electron chi connectivity index (χ0n) is 19.5. The Labute approximate surface area is 198 Å². The highest BCUT2D eigenvalue weighted by atomic mass is 16.7. The topological polar surface area (TPSA) is 104 Å². The monoisotopic (exact) mass is 457 g/mol. The van der Waals surface area contributed by atoms with E-state index in [1.807, 2.05) is 35.9 Å². The average Bonchev–Trinajstić information content (AvgIpc) is 3.56. The normalized spacial score (nSPS) is 11.5. The Kier molecular flexibility index (Phi) is 7.11. The van der Waals surface area contributed by atoms with Gasteiger partial charge >= 0.3 is 0 Å². The molecular formula is C25H27N7O2. The van der Waals surface area contributed by atoms with Crippen LogP contribution in [0.5, 0.6) is 0 Å². The second-order valence-electron chi connectivity index (χ2n) is 7.71. The standard InChI is InChI=1S/C25H27N7O2/c1-5-7-12-22-26-24(25(6-2,33-3)34-4)29-32(22)17-18-13-15-19(16-14-18)20-10-8-9-11-21(20)23-27-30-31-28-23/h1,8-11,13-16H,6-7,12,17H2,2-4H3,(H,27,28,30,31). The molecule has 0 aliphatic heterocycles. The van der Waals surface area contributed by atoms with E-state index in [0.717, 1.165) is 28.1 Å². The molecule has 4 aromatic rings. The van der Waals surface area contributed by atoms with Gasteiger partial charge in [0.2, 0.25) is 17.4 Å². The lowest BCUT2D eigenvalue weighted by Crippen LogP contribution is -2.31. The fourth-order valence-electron chi connectivity index (χ4n) is 3.91. The van der Waals surface area contributed by atoms with Gasteiger partial charge in [-0.1, -0.05) is 55.5 Å². The molecular weight excluding hydrogens is 430 g/mol. The van der Waals surface area contributed by atoms with Gasteiger partial charge in [0.1, 0.15) is 5.82 Å². The van der Waals surface area contributed by atoms with E-state index in [2.05, 4.69) is 50.8 Å². The van der Waals surface area contributed by atoms with Crippen molar-refractivity contribution in [3.8, 4) is 34.9 Å². The Hall–Kier alpha value is -3.87. The van der Waals surface area contributed by atoms with Gasteiger partial charge in [0.15, 0.2) is 0 Å². The molecule has 0 amide bonds. The summed E-state index contributed by atoms with van der Waals surface area (Å²) in [7, 11) is 3.19. The van der Waals surface area contributed by atoms with Crippen molar-refractivity contribution in [1.82, 2.24) is 35.4 Å². The molecule has 0 aliphatic rings. The van der Waals surface area contributed by atoms with Crippen LogP contribution in [0.1, 0.15) is 37.0 Å². The molecule has 0 radical (unpaired) electrons. The van der Waals surface area contributed by atoms with E-state index in [-0.39, 0.29) is 0 Å². The molecule has 0 atom stereocenters. The molecule has 2 heterocycles. The molecule has 0 spiro atoms. The van der Waals surface area contributed by atoms with E-state index >= 15 is 0 Å². The number of terminal acetylenes is 1. The maximum atomic E-state index is 5.63. The van der Waals surface area contributed by atoms with Crippen LogP contribution in [-0.4, -0.2) is 49.6 Å². The molecule has 9 nitrogen and oxygen atoms in total. The Morgan fingerprint density at radius 3 is 2.41 bits per heavy atom. The first-order chi connectivity index (χ1) is 16.6. The van der Waals surface area contributed by atoms with Crippen LogP contribution in [0.15, 0.2) is 48.5 Å². The summed E-state index contributed by atoms with van der Waals surface area (Å²) in [5.74, 6) is 3.55. The van der Waals surface area contributed by atoms with Gasteiger partial charge in [-0.3, -0.25) is 0 Å². The molecule has 34 heavy (non-hydrogen) atoms. The Bertz CT molecular complexity index is 1250. The predicted molar refractivity (Wildman–Crippen MR) is 127 cm³/mol. The predicted octanol–water partition coefficient (Wildman–Crippen LogP) is 3.59. The molecule has 2 aromatic heterocycles. The number of benzene rings is 2. The number of nitrogens with one attached hydrogen (secondary N) is 1. The lowest BCUT2D eigenvalue weighted by Gasteiger charge is -2.26. The fraction of sp³-hybridized carbons (Fsp3) is 0.320. The summed E-state index contributed by atoms with van der Waals surface area (Å²) in [5, 5.41) is 19.2. The molecule has 0 aliphatic carbocycles. The van der Waals surface area contributed by atoms with Gasteiger partial charge in [0.25, 0.3) is 0 Å². The largest absolute Gasteiger partial charge is 0.347 e. The molecule has 4 rings (SSSR count). The summed E-state index contributed by atoms with van der Waals surface area (Å²) >= 11 is 0. The van der Waals surface area contributed by atoms with Crippen molar-refractivity contribution in [3.05, 3.63) is 65.7 Å². The fourth-order valence-corrected chi connectivity index (χ4v) is 3.91. The lowest BCUT2D eigenvalue weighted by atomic mass is 9.98. The number of aromatic nitrogens is 7. The Balaban J connectivity index is 1.63. The number of hydrogen-bond acceptors (Lipinski definition) is 7. The van der Waals surface area contributed by atoms with Crippen LogP contribution in [0.4, 0.5) is 0 Å². The minimum Gasteiger partial charge on any atom is -0.347 e. The van der Waals surface area contributed by atoms with Crippen molar-refractivity contribution in [1.29, 1.82) is 0 Å². The molecule has 0 unspecified atom stereocenters. The van der Waals surface area contributed by atoms with Crippen LogP contribution >= 0.6 is 0 Å². The zero-order chi connectivity index (χ0) is 24.0. The lowest BCUT2D eigenvalue weighted by molar-refractivity contribution is -0.222. The molecule has 0 bridgehead atoms. The molecule has 1 N–H and O–H groups in total. The van der Waals surface area contributed by atoms with Gasteiger partial charge in [-0.25, -0.2) is 9.67 Å². The van der Waals surface area contributed by atoms with E-state index in [1.54, 1.807) is 14.2 Å². The van der Waals surface area contributed by atoms with Crippen LogP contribution in [-0.2, 0) is 28.2 Å². The average molecular weight is 458 g/mol. The maximum absolute atomic E-state index is 5.63. The van der Waals surface area contributed by atoms with E-state index in [9.17, 15) is 0 Å². The Morgan fingerprint density at radius 1 is 1.06 bits per heavy atom. The molecule has 0 saturated carbocycles. The second kappa shape index (κ2) is 10.4. The number of aryl methyl sites for hydroxylation is 1. The highest BCUT2D eigenvalue weighted by molar-refractivity contribution is 5.80. The van der Waals surface area contributed by atoms with Gasteiger partial charge in [-0.05, 0) is 21.9 Å². The molecule has 0 saturated heterocycles. The quantitative estimate of drug-likeness (QED) is 0.287. The van der Waals surface area contributed by atoms with Crippen molar-refractivity contribution in [3.63, 3.8) is 0 Å². The van der Waals surface area contributed by atoms with E-state index in [0.29, 0.717) is 37.5 Å². The van der Waals surface area contributed by atoms with Crippen molar-refractivity contribution in [2.45, 2.75) is 38.5 Å². The number of methoxy groups -OCH3 is 2. The summed E-state index contributed by atoms with van der Waals surface area (Å²) in [6.07, 6.45) is 7.26. The summed E-state index contributed by atoms with van der Waals surface area (Å²) in [6, 6.07) is 16.3. The van der Waals surface area contributed by atoms with Gasteiger partial charge in [0, 0.05) is 39.0 Å². The van der Waals surface area contributed by atoms with Crippen LogP contribution in [0, 0.1) is 12.3 Å². The minimum atomic E-state index is -0.987. The summed E-state index contributed by atoms with van der Waals surface area (Å²) in [4.78, 5) is 4.72. The number of nitrogens with zero attached hydrogens (tertiary/aromatic N) is 6. The minimum absolute atomic E-state index is 0.498. The highest BCUT2D eigenvalue weighted by Gasteiger charge is 2.35. The third kappa shape index (κ3) is 4.59. The van der Waals surface area contributed by atoms with Gasteiger partial charge in [-0.2, -0.15) is 5.21 Å². The zero-order valence-corrected chi connectivity index (χ0v) is 19.5. The van der Waals surface area contributed by atoms with Crippen LogP contribution in [0.2, 0.25) is 0 Å². The molecule has 174 valence electrons. The Morgan fingerprint density at radius 2 is 1.79 bits per heavy atom. The van der Waals surface area contributed by atoms with Crippen LogP contribution < -0.4 is 0 Å². The van der Waals surface area contributed by atoms with Gasteiger partial charge in [0.05, 0.1) is 6.54 Å². The SMILES string of the molecule is C#CCCc1nc(C(CC)(OC)OC)nn1Cc1ccc(-c2ccccc2-c2nn[nH]n2)cc1. The molecule has 2 aromatic carbocycles. The van der Waals surface area contributed by atoms with Gasteiger partial charge in [-0.15, -0.1) is 27.6 Å². The number of aromatic amines is 1. The number of tetrazole rings is 1. The maximum Gasteiger partial charge on any atom is 0.231 e. The van der Waals surface area contributed by atoms with E-state index < -0.39 is 5.79 Å². The second-order valence-corrected chi connectivity index (χ2v) is 7.71. The number of hydrogen-bond donors (Lipinski definition) is 1. The summed E-state index contributed by atoms with van der Waals surface area (Å²) in [5.41, 5.74) is 4.08. The smallest absolute Gasteiger partial charge is 0.231 e. The van der Waals surface area contributed by atoms with Gasteiger partial charge < -0.3 is 9.47 Å². The van der Waals surface area contributed by atoms with Crippen molar-refractivity contribution in [2.24, 2.45) is 0 Å². The first-order valence-electron chi connectivity index (χ1n) is 11.0. The van der Waals surface area contributed by atoms with Crippen molar-refractivity contribution < 1.29 is 9.47 Å². The number of H-pyrrole nitrogens is 1.